The summed E-state index contributed by atoms with van der Waals surface area (Å²) in [5.41, 5.74) is 7.29. The van der Waals surface area contributed by atoms with Gasteiger partial charge in [0.1, 0.15) is 11.9 Å². The molecule has 0 atom stereocenters. The Morgan fingerprint density at radius 3 is 2.83 bits per heavy atom. The third kappa shape index (κ3) is 2.83. The smallest absolute Gasteiger partial charge is 0.148 e. The van der Waals surface area contributed by atoms with E-state index in [1.165, 1.54) is 6.20 Å². The number of aromatic nitrogens is 1. The topological polar surface area (TPSA) is 74.7 Å². The van der Waals surface area contributed by atoms with Crippen LogP contribution < -0.4 is 11.1 Å². The van der Waals surface area contributed by atoms with Crippen LogP contribution in [0.4, 0.5) is 17.2 Å². The van der Waals surface area contributed by atoms with Crippen LogP contribution in [0.1, 0.15) is 5.56 Å². The van der Waals surface area contributed by atoms with Gasteiger partial charge in [0.25, 0.3) is 0 Å². The van der Waals surface area contributed by atoms with E-state index in [9.17, 15) is 0 Å². The van der Waals surface area contributed by atoms with Crippen molar-refractivity contribution in [2.24, 2.45) is 0 Å². The second kappa shape index (κ2) is 5.42. The number of hydrogen-bond donors (Lipinski definition) is 2. The van der Waals surface area contributed by atoms with Crippen LogP contribution >= 0.6 is 34.2 Å². The number of nitrogen functional groups attached to an aromatic ring is 1. The first-order chi connectivity index (χ1) is 8.60. The average molecular weight is 371 g/mol. The fraction of sp³-hybridized carbons (Fsp3) is 0. The third-order valence-electron chi connectivity index (χ3n) is 2.21. The van der Waals surface area contributed by atoms with E-state index in [1.54, 1.807) is 12.1 Å². The van der Waals surface area contributed by atoms with Gasteiger partial charge in [0.2, 0.25) is 0 Å². The van der Waals surface area contributed by atoms with Crippen LogP contribution in [0.15, 0.2) is 30.5 Å². The van der Waals surface area contributed by atoms with Crippen LogP contribution in [-0.4, -0.2) is 4.98 Å². The van der Waals surface area contributed by atoms with Gasteiger partial charge in [-0.3, -0.25) is 0 Å². The molecule has 0 bridgehead atoms. The quantitative estimate of drug-likeness (QED) is 0.793. The van der Waals surface area contributed by atoms with Crippen LogP contribution in [0.3, 0.4) is 0 Å². The molecular weight excluding hydrogens is 363 g/mol. The Morgan fingerprint density at radius 1 is 1.39 bits per heavy atom. The molecule has 1 aromatic heterocycles. The summed E-state index contributed by atoms with van der Waals surface area (Å²) in [5, 5.41) is 12.8. The lowest BCUT2D eigenvalue weighted by Gasteiger charge is -2.09. The van der Waals surface area contributed by atoms with Gasteiger partial charge in [-0.15, -0.1) is 0 Å². The summed E-state index contributed by atoms with van der Waals surface area (Å²) in [6.07, 6.45) is 1.51. The fourth-order valence-corrected chi connectivity index (χ4v) is 2.39. The lowest BCUT2D eigenvalue weighted by molar-refractivity contribution is 1.28. The number of nitrogens with zero attached hydrogens (tertiary/aromatic N) is 2. The minimum absolute atomic E-state index is 0.403. The molecule has 0 fully saturated rings. The maximum absolute atomic E-state index is 9.03. The summed E-state index contributed by atoms with van der Waals surface area (Å²) in [6.45, 7) is 0. The molecule has 1 heterocycles. The summed E-state index contributed by atoms with van der Waals surface area (Å²) in [4.78, 5) is 4.11. The average Bonchev–Trinajstić information content (AvgIpc) is 2.34. The zero-order valence-corrected chi connectivity index (χ0v) is 12.0. The van der Waals surface area contributed by atoms with Crippen molar-refractivity contribution in [1.29, 1.82) is 5.26 Å². The Labute approximate surface area is 123 Å². The Morgan fingerprint density at radius 2 is 2.17 bits per heavy atom. The van der Waals surface area contributed by atoms with Gasteiger partial charge >= 0.3 is 0 Å². The van der Waals surface area contributed by atoms with E-state index >= 15 is 0 Å². The van der Waals surface area contributed by atoms with Crippen molar-refractivity contribution in [2.45, 2.75) is 0 Å². The molecule has 0 radical (unpaired) electrons. The fourth-order valence-electron chi connectivity index (χ4n) is 1.38. The largest absolute Gasteiger partial charge is 0.397 e. The molecule has 2 rings (SSSR count). The van der Waals surface area contributed by atoms with Gasteiger partial charge in [-0.2, -0.15) is 5.26 Å². The molecule has 1 aromatic carbocycles. The number of nitriles is 1. The van der Waals surface area contributed by atoms with Crippen molar-refractivity contribution in [3.05, 3.63) is 44.6 Å². The van der Waals surface area contributed by atoms with Crippen LogP contribution in [0, 0.1) is 14.9 Å². The number of nitrogens with two attached hydrogens (primary N) is 1. The summed E-state index contributed by atoms with van der Waals surface area (Å²) >= 11 is 8.04. The summed E-state index contributed by atoms with van der Waals surface area (Å²) < 4.78 is 0.947. The van der Waals surface area contributed by atoms with E-state index in [4.69, 9.17) is 22.6 Å². The van der Waals surface area contributed by atoms with Gasteiger partial charge in [-0.05, 0) is 46.9 Å². The van der Waals surface area contributed by atoms with E-state index in [1.807, 2.05) is 12.1 Å². The number of halogens is 2. The molecule has 0 aliphatic carbocycles. The number of anilines is 3. The highest BCUT2D eigenvalue weighted by Crippen LogP contribution is 2.26. The molecule has 3 N–H and O–H groups in total. The van der Waals surface area contributed by atoms with Crippen molar-refractivity contribution < 1.29 is 0 Å². The summed E-state index contributed by atoms with van der Waals surface area (Å²) in [6, 6.07) is 9.07. The molecule has 18 heavy (non-hydrogen) atoms. The van der Waals surface area contributed by atoms with Crippen molar-refractivity contribution in [3.63, 3.8) is 0 Å². The number of rotatable bonds is 2. The van der Waals surface area contributed by atoms with E-state index in [0.29, 0.717) is 22.1 Å². The molecule has 4 nitrogen and oxygen atoms in total. The van der Waals surface area contributed by atoms with Gasteiger partial charge in [-0.1, -0.05) is 11.6 Å². The molecule has 0 spiro atoms. The lowest BCUT2D eigenvalue weighted by atomic mass is 10.2. The Balaban J connectivity index is 2.37. The third-order valence-corrected chi connectivity index (χ3v) is 3.34. The Hall–Kier alpha value is -1.52. The molecule has 2 aromatic rings. The molecule has 0 saturated heterocycles. The highest BCUT2D eigenvalue weighted by atomic mass is 127. The lowest BCUT2D eigenvalue weighted by Crippen LogP contribution is -2.00. The molecular formula is C12H8ClIN4. The first kappa shape index (κ1) is 12.9. The predicted octanol–water partition coefficient (Wildman–Crippen LogP) is 3.54. The first-order valence-electron chi connectivity index (χ1n) is 4.98. The SMILES string of the molecule is N#Cc1cc(N)cnc1Nc1ccc(Cl)cc1I. The molecule has 90 valence electrons. The molecule has 0 amide bonds. The van der Waals surface area contributed by atoms with E-state index < -0.39 is 0 Å². The Bertz CT molecular complexity index is 636. The van der Waals surface area contributed by atoms with Crippen molar-refractivity contribution >= 4 is 51.4 Å². The number of benzene rings is 1. The van der Waals surface area contributed by atoms with E-state index in [0.717, 1.165) is 9.26 Å². The minimum Gasteiger partial charge on any atom is -0.397 e. The van der Waals surface area contributed by atoms with Crippen LogP contribution in [0.25, 0.3) is 0 Å². The van der Waals surface area contributed by atoms with Crippen molar-refractivity contribution in [3.8, 4) is 6.07 Å². The number of nitrogens with one attached hydrogen (secondary N) is 1. The van der Waals surface area contributed by atoms with Gasteiger partial charge in [0.15, 0.2) is 0 Å². The highest BCUT2D eigenvalue weighted by molar-refractivity contribution is 14.1. The van der Waals surface area contributed by atoms with Gasteiger partial charge in [0.05, 0.1) is 23.1 Å². The summed E-state index contributed by atoms with van der Waals surface area (Å²) in [5.74, 6) is 0.479. The zero-order valence-electron chi connectivity index (χ0n) is 9.11. The first-order valence-corrected chi connectivity index (χ1v) is 6.43. The van der Waals surface area contributed by atoms with E-state index in [2.05, 4.69) is 39.0 Å². The number of pyridine rings is 1. The van der Waals surface area contributed by atoms with Crippen molar-refractivity contribution in [1.82, 2.24) is 4.98 Å². The van der Waals surface area contributed by atoms with Gasteiger partial charge < -0.3 is 11.1 Å². The van der Waals surface area contributed by atoms with Gasteiger partial charge in [0, 0.05) is 8.59 Å². The molecule has 0 saturated carbocycles. The van der Waals surface area contributed by atoms with E-state index in [-0.39, 0.29) is 0 Å². The molecule has 6 heteroatoms. The van der Waals surface area contributed by atoms with Gasteiger partial charge in [-0.25, -0.2) is 4.98 Å². The highest BCUT2D eigenvalue weighted by Gasteiger charge is 2.07. The maximum atomic E-state index is 9.03. The second-order valence-corrected chi connectivity index (χ2v) is 5.12. The minimum atomic E-state index is 0.403. The molecule has 0 aliphatic rings. The monoisotopic (exact) mass is 370 g/mol. The predicted molar refractivity (Wildman–Crippen MR) is 80.8 cm³/mol. The summed E-state index contributed by atoms with van der Waals surface area (Å²) in [7, 11) is 0. The van der Waals surface area contributed by atoms with Crippen LogP contribution in [0.5, 0.6) is 0 Å². The second-order valence-electron chi connectivity index (χ2n) is 3.53. The van der Waals surface area contributed by atoms with Crippen LogP contribution in [0.2, 0.25) is 5.02 Å². The standard InChI is InChI=1S/C12H8ClIN4/c13-8-1-2-11(10(14)4-8)18-12-7(5-15)3-9(16)6-17-12/h1-4,6H,16H2,(H,17,18). The molecule has 0 unspecified atom stereocenters. The molecule has 0 aliphatic heterocycles. The Kier molecular flexibility index (Phi) is 3.89. The van der Waals surface area contributed by atoms with Crippen molar-refractivity contribution in [2.75, 3.05) is 11.1 Å². The number of hydrogen-bond acceptors (Lipinski definition) is 4. The maximum Gasteiger partial charge on any atom is 0.148 e. The van der Waals surface area contributed by atoms with Crippen LogP contribution in [-0.2, 0) is 0 Å². The zero-order chi connectivity index (χ0) is 13.1. The normalized spacial score (nSPS) is 9.83.